The molecule has 0 saturated heterocycles. The molecule has 0 unspecified atom stereocenters. The fourth-order valence-corrected chi connectivity index (χ4v) is 2.24. The molecule has 0 aromatic heterocycles. The average molecular weight is 280 g/mol. The molecule has 2 N–H and O–H groups in total. The molecule has 0 aliphatic carbocycles. The van der Waals surface area contributed by atoms with Crippen LogP contribution in [0, 0.1) is 5.82 Å². The monoisotopic (exact) mass is 279 g/mol. The van der Waals surface area contributed by atoms with Crippen LogP contribution < -0.4 is 5.32 Å². The van der Waals surface area contributed by atoms with Gasteiger partial charge in [0.25, 0.3) is 0 Å². The van der Waals surface area contributed by atoms with Crippen molar-refractivity contribution in [3.63, 3.8) is 0 Å². The summed E-state index contributed by atoms with van der Waals surface area (Å²) in [6.07, 6.45) is 0. The van der Waals surface area contributed by atoms with E-state index < -0.39 is 5.82 Å². The molecule has 0 aliphatic heterocycles. The van der Waals surface area contributed by atoms with Crippen LogP contribution in [0.4, 0.5) is 4.39 Å². The molecule has 0 bridgehead atoms. The summed E-state index contributed by atoms with van der Waals surface area (Å²) < 4.78 is 13.1. The largest absolute Gasteiger partial charge is 0.508 e. The van der Waals surface area contributed by atoms with E-state index in [1.807, 2.05) is 31.2 Å². The Labute approximate surface area is 116 Å². The molecule has 4 heteroatoms. The minimum Gasteiger partial charge on any atom is -0.508 e. The van der Waals surface area contributed by atoms with E-state index in [4.69, 9.17) is 11.6 Å². The highest BCUT2D eigenvalue weighted by molar-refractivity contribution is 6.31. The van der Waals surface area contributed by atoms with Gasteiger partial charge in [0.05, 0.1) is 0 Å². The summed E-state index contributed by atoms with van der Waals surface area (Å²) >= 11 is 6.11. The molecule has 2 aromatic rings. The molecular weight excluding hydrogens is 265 g/mol. The molecule has 2 aromatic carbocycles. The normalized spacial score (nSPS) is 12.4. The second kappa shape index (κ2) is 6.04. The molecule has 0 spiro atoms. The van der Waals surface area contributed by atoms with Crippen LogP contribution in [0.1, 0.15) is 24.1 Å². The van der Waals surface area contributed by atoms with E-state index in [2.05, 4.69) is 5.32 Å². The zero-order valence-corrected chi connectivity index (χ0v) is 11.3. The van der Waals surface area contributed by atoms with E-state index >= 15 is 0 Å². The number of benzene rings is 2. The van der Waals surface area contributed by atoms with Gasteiger partial charge in [-0.15, -0.1) is 0 Å². The highest BCUT2D eigenvalue weighted by atomic mass is 35.5. The highest BCUT2D eigenvalue weighted by Gasteiger charge is 2.09. The number of aromatic hydroxyl groups is 1. The van der Waals surface area contributed by atoms with Crippen LogP contribution in [0.2, 0.25) is 5.02 Å². The van der Waals surface area contributed by atoms with Crippen molar-refractivity contribution in [2.45, 2.75) is 19.5 Å². The molecule has 0 fully saturated rings. The van der Waals surface area contributed by atoms with E-state index in [1.54, 1.807) is 0 Å². The molecule has 100 valence electrons. The first-order chi connectivity index (χ1) is 9.06. The third-order valence-corrected chi connectivity index (χ3v) is 3.27. The van der Waals surface area contributed by atoms with Gasteiger partial charge in [-0.05, 0) is 36.2 Å². The molecule has 19 heavy (non-hydrogen) atoms. The zero-order valence-electron chi connectivity index (χ0n) is 10.5. The summed E-state index contributed by atoms with van der Waals surface area (Å²) in [5, 5.41) is 13.3. The average Bonchev–Trinajstić information content (AvgIpc) is 2.35. The molecule has 0 saturated carbocycles. The summed E-state index contributed by atoms with van der Waals surface area (Å²) in [5.74, 6) is -0.510. The predicted octanol–water partition coefficient (Wildman–Crippen LogP) is 4.04. The highest BCUT2D eigenvalue weighted by Crippen LogP contribution is 2.23. The standard InChI is InChI=1S/C15H15ClFNO/c1-10(14-4-2-3-5-15(14)16)18-9-11-6-12(17)8-13(19)7-11/h2-8,10,18-19H,9H2,1H3/t10-/m0/s1. The Bertz CT molecular complexity index is 554. The Hall–Kier alpha value is -1.58. The van der Waals surface area contributed by atoms with Gasteiger partial charge in [0.2, 0.25) is 0 Å². The van der Waals surface area contributed by atoms with Gasteiger partial charge in [-0.2, -0.15) is 0 Å². The van der Waals surface area contributed by atoms with Crippen LogP contribution in [0.5, 0.6) is 5.75 Å². The van der Waals surface area contributed by atoms with Crippen LogP contribution >= 0.6 is 11.6 Å². The van der Waals surface area contributed by atoms with Gasteiger partial charge in [-0.1, -0.05) is 29.8 Å². The molecule has 1 atom stereocenters. The number of phenolic OH excluding ortho intramolecular Hbond substituents is 1. The van der Waals surface area contributed by atoms with Crippen molar-refractivity contribution in [2.75, 3.05) is 0 Å². The Balaban J connectivity index is 2.04. The Morgan fingerprint density at radius 1 is 1.26 bits per heavy atom. The van der Waals surface area contributed by atoms with Crippen LogP contribution in [-0.2, 0) is 6.54 Å². The summed E-state index contributed by atoms with van der Waals surface area (Å²) in [6.45, 7) is 2.44. The van der Waals surface area contributed by atoms with Gasteiger partial charge in [-0.25, -0.2) is 4.39 Å². The van der Waals surface area contributed by atoms with Crippen LogP contribution in [0.25, 0.3) is 0 Å². The number of phenols is 1. The van der Waals surface area contributed by atoms with Crippen molar-refractivity contribution in [1.29, 1.82) is 0 Å². The first kappa shape index (κ1) is 13.8. The third kappa shape index (κ3) is 3.69. The van der Waals surface area contributed by atoms with E-state index in [9.17, 15) is 9.50 Å². The second-order valence-electron chi connectivity index (χ2n) is 4.44. The van der Waals surface area contributed by atoms with Gasteiger partial charge in [0.15, 0.2) is 0 Å². The number of hydrogen-bond donors (Lipinski definition) is 2. The van der Waals surface area contributed by atoms with E-state index in [0.717, 1.165) is 11.6 Å². The van der Waals surface area contributed by atoms with Crippen molar-refractivity contribution in [1.82, 2.24) is 5.32 Å². The molecular formula is C15H15ClFNO. The lowest BCUT2D eigenvalue weighted by Crippen LogP contribution is -2.18. The van der Waals surface area contributed by atoms with Crippen molar-refractivity contribution < 1.29 is 9.50 Å². The van der Waals surface area contributed by atoms with Gasteiger partial charge in [0, 0.05) is 23.7 Å². The van der Waals surface area contributed by atoms with E-state index in [1.165, 1.54) is 12.1 Å². The van der Waals surface area contributed by atoms with Crippen LogP contribution in [0.15, 0.2) is 42.5 Å². The second-order valence-corrected chi connectivity index (χ2v) is 4.85. The Kier molecular flexibility index (Phi) is 4.40. The molecule has 0 aliphatic rings. The van der Waals surface area contributed by atoms with Crippen molar-refractivity contribution in [2.24, 2.45) is 0 Å². The summed E-state index contributed by atoms with van der Waals surface area (Å²) in [7, 11) is 0. The van der Waals surface area contributed by atoms with E-state index in [0.29, 0.717) is 17.1 Å². The number of rotatable bonds is 4. The van der Waals surface area contributed by atoms with Gasteiger partial charge < -0.3 is 10.4 Å². The lowest BCUT2D eigenvalue weighted by atomic mass is 10.1. The predicted molar refractivity (Wildman–Crippen MR) is 74.8 cm³/mol. The van der Waals surface area contributed by atoms with Crippen molar-refractivity contribution >= 4 is 11.6 Å². The maximum absolute atomic E-state index is 13.1. The summed E-state index contributed by atoms with van der Waals surface area (Å²) in [4.78, 5) is 0. The minimum atomic E-state index is -0.442. The molecule has 0 amide bonds. The van der Waals surface area contributed by atoms with Gasteiger partial charge >= 0.3 is 0 Å². The first-order valence-electron chi connectivity index (χ1n) is 6.02. The van der Waals surface area contributed by atoms with Crippen LogP contribution in [-0.4, -0.2) is 5.11 Å². The zero-order chi connectivity index (χ0) is 13.8. The maximum Gasteiger partial charge on any atom is 0.127 e. The third-order valence-electron chi connectivity index (χ3n) is 2.93. The van der Waals surface area contributed by atoms with Gasteiger partial charge in [0.1, 0.15) is 11.6 Å². The van der Waals surface area contributed by atoms with E-state index in [-0.39, 0.29) is 11.8 Å². The maximum atomic E-state index is 13.1. The SMILES string of the molecule is C[C@H](NCc1cc(O)cc(F)c1)c1ccccc1Cl. The first-order valence-corrected chi connectivity index (χ1v) is 6.40. The number of hydrogen-bond acceptors (Lipinski definition) is 2. The lowest BCUT2D eigenvalue weighted by molar-refractivity contribution is 0.466. The molecule has 0 heterocycles. The fraction of sp³-hybridized carbons (Fsp3) is 0.200. The van der Waals surface area contributed by atoms with Crippen molar-refractivity contribution in [3.8, 4) is 5.75 Å². The van der Waals surface area contributed by atoms with Crippen LogP contribution in [0.3, 0.4) is 0 Å². The summed E-state index contributed by atoms with van der Waals surface area (Å²) in [5.41, 5.74) is 1.68. The fourth-order valence-electron chi connectivity index (χ4n) is 1.94. The Morgan fingerprint density at radius 3 is 2.68 bits per heavy atom. The minimum absolute atomic E-state index is 0.0408. The molecule has 0 radical (unpaired) electrons. The smallest absolute Gasteiger partial charge is 0.127 e. The lowest BCUT2D eigenvalue weighted by Gasteiger charge is -2.15. The number of nitrogens with one attached hydrogen (secondary N) is 1. The summed E-state index contributed by atoms with van der Waals surface area (Å²) in [6, 6.07) is 11.6. The number of halogens is 2. The van der Waals surface area contributed by atoms with Crippen molar-refractivity contribution in [3.05, 3.63) is 64.4 Å². The topological polar surface area (TPSA) is 32.3 Å². The molecule has 2 rings (SSSR count). The molecule has 2 nitrogen and oxygen atoms in total. The Morgan fingerprint density at radius 2 is 2.00 bits per heavy atom. The quantitative estimate of drug-likeness (QED) is 0.885. The van der Waals surface area contributed by atoms with Gasteiger partial charge in [-0.3, -0.25) is 0 Å².